The Morgan fingerprint density at radius 2 is 1.89 bits per heavy atom. The van der Waals surface area contributed by atoms with Crippen molar-refractivity contribution in [2.75, 3.05) is 5.32 Å². The van der Waals surface area contributed by atoms with Crippen LogP contribution in [0.3, 0.4) is 0 Å². The number of fused-ring (bicyclic) bond motifs is 2. The van der Waals surface area contributed by atoms with Gasteiger partial charge in [0.15, 0.2) is 0 Å². The highest BCUT2D eigenvalue weighted by atomic mass is 15.0. The number of hydrogen-bond donors (Lipinski definition) is 2. The average Bonchev–Trinajstić information content (AvgIpc) is 3.34. The van der Waals surface area contributed by atoms with Gasteiger partial charge in [0.1, 0.15) is 17.8 Å². The van der Waals surface area contributed by atoms with Crippen molar-refractivity contribution >= 4 is 28.8 Å². The Bertz CT molecular complexity index is 1130. The van der Waals surface area contributed by atoms with Crippen molar-refractivity contribution in [2.45, 2.75) is 19.4 Å². The van der Waals surface area contributed by atoms with E-state index in [1.807, 2.05) is 12.3 Å². The van der Waals surface area contributed by atoms with Crippen LogP contribution < -0.4 is 5.32 Å². The minimum atomic E-state index is 0.774. The van der Waals surface area contributed by atoms with Gasteiger partial charge in [0.05, 0.1) is 11.9 Å². The molecule has 2 aromatic carbocycles. The van der Waals surface area contributed by atoms with Gasteiger partial charge in [-0.1, -0.05) is 36.4 Å². The predicted molar refractivity (Wildman–Crippen MR) is 109 cm³/mol. The Hall–Kier alpha value is -3.47. The van der Waals surface area contributed by atoms with Crippen molar-refractivity contribution in [1.82, 2.24) is 15.0 Å². The Labute approximate surface area is 157 Å². The van der Waals surface area contributed by atoms with Gasteiger partial charge >= 0.3 is 0 Å². The Balaban J connectivity index is 1.40. The van der Waals surface area contributed by atoms with E-state index in [1.165, 1.54) is 22.4 Å². The lowest BCUT2D eigenvalue weighted by Gasteiger charge is -2.07. The topological polar surface area (TPSA) is 66.0 Å². The van der Waals surface area contributed by atoms with E-state index in [0.29, 0.717) is 0 Å². The molecule has 0 saturated heterocycles. The average molecular weight is 353 g/mol. The largest absolute Gasteiger partial charge is 0.343 e. The first kappa shape index (κ1) is 15.8. The van der Waals surface area contributed by atoms with Crippen LogP contribution in [-0.2, 0) is 19.4 Å². The molecule has 0 saturated carbocycles. The lowest BCUT2D eigenvalue weighted by atomic mass is 10.1. The number of aromatic nitrogens is 3. The minimum Gasteiger partial charge on any atom is -0.343 e. The number of hydrogen-bond acceptors (Lipinski definition) is 4. The van der Waals surface area contributed by atoms with Crippen LogP contribution in [0.2, 0.25) is 0 Å². The summed E-state index contributed by atoms with van der Waals surface area (Å²) in [6.45, 7) is 0.774. The maximum atomic E-state index is 4.45. The van der Waals surface area contributed by atoms with Crippen LogP contribution >= 0.6 is 0 Å². The molecule has 2 N–H and O–H groups in total. The number of nitrogens with one attached hydrogen (secondary N) is 2. The molecule has 1 aliphatic rings. The third-order valence-electron chi connectivity index (χ3n) is 4.91. The van der Waals surface area contributed by atoms with Gasteiger partial charge < -0.3 is 10.3 Å². The van der Waals surface area contributed by atoms with E-state index in [1.54, 1.807) is 6.33 Å². The summed E-state index contributed by atoms with van der Waals surface area (Å²) in [5, 5.41) is 4.44. The molecule has 0 radical (unpaired) electrons. The van der Waals surface area contributed by atoms with Crippen molar-refractivity contribution in [2.24, 2.45) is 4.99 Å². The van der Waals surface area contributed by atoms with Crippen LogP contribution in [0.15, 0.2) is 65.9 Å². The SMILES string of the molecule is C1=NCc2ccc(Nc3ncnc4[nH]c(CCc5ccccc5)cc34)cc21. The molecule has 3 heterocycles. The summed E-state index contributed by atoms with van der Waals surface area (Å²) in [4.78, 5) is 16.6. The van der Waals surface area contributed by atoms with Gasteiger partial charge in [-0.05, 0) is 47.7 Å². The molecule has 0 amide bonds. The molecule has 0 atom stereocenters. The van der Waals surface area contributed by atoms with Gasteiger partial charge in [-0.15, -0.1) is 0 Å². The molecule has 4 aromatic rings. The molecule has 1 aliphatic heterocycles. The van der Waals surface area contributed by atoms with Crippen LogP contribution in [-0.4, -0.2) is 21.2 Å². The molecule has 5 rings (SSSR count). The molecule has 0 fully saturated rings. The maximum Gasteiger partial charge on any atom is 0.143 e. The molecule has 5 heteroatoms. The van der Waals surface area contributed by atoms with Gasteiger partial charge in [0.2, 0.25) is 0 Å². The Kier molecular flexibility index (Phi) is 3.90. The highest BCUT2D eigenvalue weighted by molar-refractivity contribution is 5.91. The van der Waals surface area contributed by atoms with E-state index < -0.39 is 0 Å². The number of aryl methyl sites for hydroxylation is 2. The minimum absolute atomic E-state index is 0.774. The highest BCUT2D eigenvalue weighted by Gasteiger charge is 2.11. The normalized spacial score (nSPS) is 12.4. The first-order chi connectivity index (χ1) is 13.3. The van der Waals surface area contributed by atoms with Crippen molar-refractivity contribution in [3.63, 3.8) is 0 Å². The van der Waals surface area contributed by atoms with Crippen molar-refractivity contribution < 1.29 is 0 Å². The molecule has 27 heavy (non-hydrogen) atoms. The Morgan fingerprint density at radius 1 is 0.963 bits per heavy atom. The standard InChI is InChI=1S/C22H19N5/c1-2-4-15(5-3-1)6-8-19-11-20-21(24-14-25-22(20)27-19)26-18-9-7-16-12-23-13-17(16)10-18/h1-5,7,9-11,13-14H,6,8,12H2,(H2,24,25,26,27). The summed E-state index contributed by atoms with van der Waals surface area (Å²) < 4.78 is 0. The van der Waals surface area contributed by atoms with Crippen molar-refractivity contribution in [1.29, 1.82) is 0 Å². The monoisotopic (exact) mass is 353 g/mol. The smallest absolute Gasteiger partial charge is 0.143 e. The second-order valence-electron chi connectivity index (χ2n) is 6.77. The van der Waals surface area contributed by atoms with Gasteiger partial charge in [-0.2, -0.15) is 0 Å². The van der Waals surface area contributed by atoms with E-state index in [2.05, 4.69) is 73.8 Å². The lowest BCUT2D eigenvalue weighted by Crippen LogP contribution is -1.96. The van der Waals surface area contributed by atoms with E-state index in [-0.39, 0.29) is 0 Å². The van der Waals surface area contributed by atoms with Gasteiger partial charge in [-0.3, -0.25) is 4.99 Å². The zero-order valence-electron chi connectivity index (χ0n) is 14.8. The number of rotatable bonds is 5. The molecule has 132 valence electrons. The quantitative estimate of drug-likeness (QED) is 0.558. The van der Waals surface area contributed by atoms with Crippen LogP contribution in [0, 0.1) is 0 Å². The van der Waals surface area contributed by atoms with E-state index in [4.69, 9.17) is 0 Å². The maximum absolute atomic E-state index is 4.45. The first-order valence-corrected chi connectivity index (χ1v) is 9.11. The summed E-state index contributed by atoms with van der Waals surface area (Å²) in [5.74, 6) is 0.817. The van der Waals surface area contributed by atoms with Crippen LogP contribution in [0.5, 0.6) is 0 Å². The fourth-order valence-electron chi connectivity index (χ4n) is 3.47. The van der Waals surface area contributed by atoms with E-state index in [0.717, 1.165) is 41.9 Å². The number of aliphatic imine (C=N–C) groups is 1. The van der Waals surface area contributed by atoms with Crippen molar-refractivity contribution in [3.8, 4) is 0 Å². The number of anilines is 2. The summed E-state index contributed by atoms with van der Waals surface area (Å²) in [5.41, 5.74) is 6.80. The molecule has 0 bridgehead atoms. The second kappa shape index (κ2) is 6.68. The zero-order valence-corrected chi connectivity index (χ0v) is 14.8. The third kappa shape index (κ3) is 3.19. The first-order valence-electron chi connectivity index (χ1n) is 9.11. The molecule has 0 unspecified atom stereocenters. The highest BCUT2D eigenvalue weighted by Crippen LogP contribution is 2.26. The van der Waals surface area contributed by atoms with Crippen LogP contribution in [0.4, 0.5) is 11.5 Å². The summed E-state index contributed by atoms with van der Waals surface area (Å²) in [6, 6.07) is 19.0. The predicted octanol–water partition coefficient (Wildman–Crippen LogP) is 4.42. The summed E-state index contributed by atoms with van der Waals surface area (Å²) in [6.07, 6.45) is 5.45. The van der Waals surface area contributed by atoms with E-state index in [9.17, 15) is 0 Å². The molecule has 2 aromatic heterocycles. The Morgan fingerprint density at radius 3 is 2.81 bits per heavy atom. The lowest BCUT2D eigenvalue weighted by molar-refractivity contribution is 0.928. The van der Waals surface area contributed by atoms with Crippen LogP contribution in [0.1, 0.15) is 22.4 Å². The van der Waals surface area contributed by atoms with Gasteiger partial charge in [0, 0.05) is 17.6 Å². The fraction of sp³-hybridized carbons (Fsp3) is 0.136. The zero-order chi connectivity index (χ0) is 18.1. The van der Waals surface area contributed by atoms with Gasteiger partial charge in [0.25, 0.3) is 0 Å². The summed E-state index contributed by atoms with van der Waals surface area (Å²) >= 11 is 0. The molecular formula is C22H19N5. The molecular weight excluding hydrogens is 334 g/mol. The molecule has 5 nitrogen and oxygen atoms in total. The number of benzene rings is 2. The number of aromatic amines is 1. The number of nitrogens with zero attached hydrogens (tertiary/aromatic N) is 3. The molecule has 0 aliphatic carbocycles. The van der Waals surface area contributed by atoms with Gasteiger partial charge in [-0.25, -0.2) is 9.97 Å². The third-order valence-corrected chi connectivity index (χ3v) is 4.91. The number of H-pyrrole nitrogens is 1. The van der Waals surface area contributed by atoms with E-state index >= 15 is 0 Å². The molecule has 0 spiro atoms. The van der Waals surface area contributed by atoms with Crippen molar-refractivity contribution in [3.05, 3.63) is 83.3 Å². The van der Waals surface area contributed by atoms with Crippen LogP contribution in [0.25, 0.3) is 11.0 Å². The second-order valence-corrected chi connectivity index (χ2v) is 6.77. The summed E-state index contributed by atoms with van der Waals surface area (Å²) in [7, 11) is 0. The fourth-order valence-corrected chi connectivity index (χ4v) is 3.47.